The maximum absolute atomic E-state index is 5.79. The normalized spacial score (nSPS) is 11.9. The van der Waals surface area contributed by atoms with Crippen molar-refractivity contribution in [1.82, 2.24) is 24.7 Å². The van der Waals surface area contributed by atoms with Crippen LogP contribution in [0.5, 0.6) is 5.75 Å². The lowest BCUT2D eigenvalue weighted by Gasteiger charge is -2.15. The van der Waals surface area contributed by atoms with Crippen LogP contribution in [0.1, 0.15) is 5.69 Å². The molecule has 3 rings (SSSR count). The first-order valence-corrected chi connectivity index (χ1v) is 12.3. The van der Waals surface area contributed by atoms with Crippen molar-refractivity contribution in [3.8, 4) is 17.1 Å². The fourth-order valence-corrected chi connectivity index (χ4v) is 3.30. The molecule has 0 aromatic carbocycles. The van der Waals surface area contributed by atoms with Gasteiger partial charge in [-0.1, -0.05) is 19.6 Å². The zero-order valence-electron chi connectivity index (χ0n) is 16.0. The van der Waals surface area contributed by atoms with Gasteiger partial charge in [-0.2, -0.15) is 5.10 Å². The molecule has 0 spiro atoms. The first-order chi connectivity index (χ1) is 12.4. The van der Waals surface area contributed by atoms with Crippen molar-refractivity contribution in [2.75, 3.05) is 13.7 Å². The average Bonchev–Trinajstić information content (AvgIpc) is 2.97. The summed E-state index contributed by atoms with van der Waals surface area (Å²) in [5.74, 6) is 1.29. The molecule has 0 aliphatic rings. The van der Waals surface area contributed by atoms with E-state index in [-0.39, 0.29) is 0 Å². The molecule has 26 heavy (non-hydrogen) atoms. The summed E-state index contributed by atoms with van der Waals surface area (Å²) in [4.78, 5) is 13.3. The lowest BCUT2D eigenvalue weighted by molar-refractivity contribution is 0.0772. The van der Waals surface area contributed by atoms with Crippen molar-refractivity contribution < 1.29 is 9.47 Å². The predicted octanol–water partition coefficient (Wildman–Crippen LogP) is 3.52. The number of hydrogen-bond acceptors (Lipinski definition) is 6. The molecule has 0 aliphatic carbocycles. The van der Waals surface area contributed by atoms with Gasteiger partial charge in [0.05, 0.1) is 42.2 Å². The highest BCUT2D eigenvalue weighted by Crippen LogP contribution is 2.25. The summed E-state index contributed by atoms with van der Waals surface area (Å²) in [7, 11) is 0.531. The van der Waals surface area contributed by atoms with Gasteiger partial charge in [0.15, 0.2) is 5.82 Å². The zero-order valence-corrected chi connectivity index (χ0v) is 17.0. The van der Waals surface area contributed by atoms with E-state index >= 15 is 0 Å². The minimum absolute atomic E-state index is 0.444. The van der Waals surface area contributed by atoms with E-state index in [4.69, 9.17) is 9.47 Å². The Labute approximate surface area is 154 Å². The Hall–Kier alpha value is -2.32. The zero-order chi connectivity index (χ0) is 18.7. The second-order valence-electron chi connectivity index (χ2n) is 7.46. The molecular weight excluding hydrogens is 346 g/mol. The number of fused-ring (bicyclic) bond motifs is 1. The average molecular weight is 372 g/mol. The standard InChI is InChI=1S/C18H25N5O2Si/c1-13-14(9-21-23(13)12-25-6-7-26(3,4)5)18-20-8-15-16(22-18)10-19-11-17(15)24-2/h8-11H,6-7,12H2,1-5H3. The van der Waals surface area contributed by atoms with Crippen LogP contribution in [-0.2, 0) is 11.5 Å². The molecule has 0 amide bonds. The molecule has 0 saturated heterocycles. The molecule has 8 heteroatoms. The fourth-order valence-electron chi connectivity index (χ4n) is 2.55. The summed E-state index contributed by atoms with van der Waals surface area (Å²) in [6.07, 6.45) is 6.92. The maximum Gasteiger partial charge on any atom is 0.163 e. The van der Waals surface area contributed by atoms with E-state index in [0.717, 1.165) is 34.8 Å². The summed E-state index contributed by atoms with van der Waals surface area (Å²) in [5.41, 5.74) is 2.62. The molecule has 0 bridgehead atoms. The molecular formula is C18H25N5O2Si. The molecule has 3 heterocycles. The third-order valence-corrected chi connectivity index (χ3v) is 5.95. The number of hydrogen-bond donors (Lipinski definition) is 0. The van der Waals surface area contributed by atoms with Gasteiger partial charge in [-0.25, -0.2) is 14.6 Å². The van der Waals surface area contributed by atoms with Crippen molar-refractivity contribution in [3.05, 3.63) is 30.5 Å². The van der Waals surface area contributed by atoms with Gasteiger partial charge < -0.3 is 9.47 Å². The van der Waals surface area contributed by atoms with Gasteiger partial charge in [0.25, 0.3) is 0 Å². The van der Waals surface area contributed by atoms with E-state index in [1.165, 1.54) is 0 Å². The van der Waals surface area contributed by atoms with Crippen LogP contribution in [0.25, 0.3) is 22.3 Å². The lowest BCUT2D eigenvalue weighted by atomic mass is 10.2. The molecule has 0 fully saturated rings. The highest BCUT2D eigenvalue weighted by atomic mass is 28.3. The van der Waals surface area contributed by atoms with Gasteiger partial charge in [0.1, 0.15) is 12.5 Å². The summed E-state index contributed by atoms with van der Waals surface area (Å²) in [5, 5.41) is 5.26. The quantitative estimate of drug-likeness (QED) is 0.467. The van der Waals surface area contributed by atoms with Gasteiger partial charge in [-0.15, -0.1) is 0 Å². The molecule has 0 N–H and O–H groups in total. The van der Waals surface area contributed by atoms with Crippen LogP contribution in [0.4, 0.5) is 0 Å². The smallest absolute Gasteiger partial charge is 0.163 e. The van der Waals surface area contributed by atoms with Crippen molar-refractivity contribution >= 4 is 19.0 Å². The minimum atomic E-state index is -1.08. The van der Waals surface area contributed by atoms with Gasteiger partial charge in [-0.05, 0) is 13.0 Å². The summed E-state index contributed by atoms with van der Waals surface area (Å²) in [6, 6.07) is 1.14. The number of rotatable bonds is 7. The Morgan fingerprint density at radius 1 is 1.12 bits per heavy atom. The van der Waals surface area contributed by atoms with Gasteiger partial charge in [0.2, 0.25) is 0 Å². The Balaban J connectivity index is 1.78. The molecule has 138 valence electrons. The highest BCUT2D eigenvalue weighted by molar-refractivity contribution is 6.76. The molecule has 0 unspecified atom stereocenters. The Kier molecular flexibility index (Phi) is 5.33. The second kappa shape index (κ2) is 7.51. The lowest BCUT2D eigenvalue weighted by Crippen LogP contribution is -2.22. The maximum atomic E-state index is 5.79. The van der Waals surface area contributed by atoms with E-state index in [1.54, 1.807) is 31.9 Å². The molecule has 0 saturated carbocycles. The molecule has 0 radical (unpaired) electrons. The van der Waals surface area contributed by atoms with Crippen molar-refractivity contribution in [2.45, 2.75) is 39.3 Å². The van der Waals surface area contributed by atoms with E-state index in [9.17, 15) is 0 Å². The number of aromatic nitrogens is 5. The van der Waals surface area contributed by atoms with Crippen molar-refractivity contribution in [3.63, 3.8) is 0 Å². The summed E-state index contributed by atoms with van der Waals surface area (Å²) >= 11 is 0. The van der Waals surface area contributed by atoms with Crippen LogP contribution >= 0.6 is 0 Å². The third kappa shape index (κ3) is 4.08. The van der Waals surface area contributed by atoms with Crippen molar-refractivity contribution in [1.29, 1.82) is 0 Å². The Bertz CT molecular complexity index is 904. The van der Waals surface area contributed by atoms with Gasteiger partial charge in [-0.3, -0.25) is 4.98 Å². The largest absolute Gasteiger partial charge is 0.494 e. The molecule has 3 aromatic rings. The van der Waals surface area contributed by atoms with E-state index < -0.39 is 8.07 Å². The molecule has 0 aliphatic heterocycles. The highest BCUT2D eigenvalue weighted by Gasteiger charge is 2.15. The van der Waals surface area contributed by atoms with E-state index in [0.29, 0.717) is 18.3 Å². The van der Waals surface area contributed by atoms with Gasteiger partial charge >= 0.3 is 0 Å². The predicted molar refractivity (Wildman–Crippen MR) is 104 cm³/mol. The monoisotopic (exact) mass is 371 g/mol. The summed E-state index contributed by atoms with van der Waals surface area (Å²) in [6.45, 7) is 10.2. The van der Waals surface area contributed by atoms with Crippen LogP contribution in [0.3, 0.4) is 0 Å². The number of ether oxygens (including phenoxy) is 2. The molecule has 0 atom stereocenters. The van der Waals surface area contributed by atoms with Gasteiger partial charge in [0, 0.05) is 26.6 Å². The fraction of sp³-hybridized carbons (Fsp3) is 0.444. The van der Waals surface area contributed by atoms with Crippen LogP contribution in [-0.4, -0.2) is 46.5 Å². The first kappa shape index (κ1) is 18.5. The topological polar surface area (TPSA) is 75.0 Å². The molecule has 3 aromatic heterocycles. The van der Waals surface area contributed by atoms with Crippen LogP contribution in [0.15, 0.2) is 24.8 Å². The molecule has 7 nitrogen and oxygen atoms in total. The van der Waals surface area contributed by atoms with E-state index in [1.807, 2.05) is 11.6 Å². The summed E-state index contributed by atoms with van der Waals surface area (Å²) < 4.78 is 12.9. The van der Waals surface area contributed by atoms with Crippen LogP contribution in [0.2, 0.25) is 25.7 Å². The minimum Gasteiger partial charge on any atom is -0.494 e. The number of nitrogens with zero attached hydrogens (tertiary/aromatic N) is 5. The Morgan fingerprint density at radius 3 is 2.65 bits per heavy atom. The van der Waals surface area contributed by atoms with Crippen molar-refractivity contribution in [2.24, 2.45) is 0 Å². The van der Waals surface area contributed by atoms with Crippen LogP contribution < -0.4 is 4.74 Å². The first-order valence-electron chi connectivity index (χ1n) is 8.64. The number of pyridine rings is 1. The third-order valence-electron chi connectivity index (χ3n) is 4.25. The number of methoxy groups -OCH3 is 1. The Morgan fingerprint density at radius 2 is 1.92 bits per heavy atom. The van der Waals surface area contributed by atoms with Crippen LogP contribution in [0, 0.1) is 6.92 Å². The van der Waals surface area contributed by atoms with E-state index in [2.05, 4.69) is 39.7 Å². The SMILES string of the molecule is COc1cncc2nc(-c3cnn(COCC[Si](C)(C)C)c3C)ncc12. The second-order valence-corrected chi connectivity index (χ2v) is 13.1.